The van der Waals surface area contributed by atoms with Gasteiger partial charge in [0.2, 0.25) is 0 Å². The van der Waals surface area contributed by atoms with E-state index in [1.807, 2.05) is 37.3 Å². The second-order valence-corrected chi connectivity index (χ2v) is 4.44. The Balaban J connectivity index is 2.21. The third-order valence-electron chi connectivity index (χ3n) is 2.73. The van der Waals surface area contributed by atoms with Crippen molar-refractivity contribution in [2.45, 2.75) is 18.9 Å². The molecule has 2 aromatic rings. The molecule has 1 heterocycles. The van der Waals surface area contributed by atoms with Crippen LogP contribution >= 0.6 is 0 Å². The average Bonchev–Trinajstić information content (AvgIpc) is 2.30. The number of halogens is 1. The van der Waals surface area contributed by atoms with Crippen molar-refractivity contribution < 1.29 is 4.39 Å². The standard InChI is InChI=1S/C14H15FN2/c1-14(16,9-11-5-3-2-4-6-11)13-8-7-12(15)10-17-13/h2-8,10H,9,16H2,1H3. The molecule has 88 valence electrons. The van der Waals surface area contributed by atoms with Crippen molar-refractivity contribution in [2.75, 3.05) is 0 Å². The molecule has 1 atom stereocenters. The summed E-state index contributed by atoms with van der Waals surface area (Å²) in [6.45, 7) is 1.90. The fourth-order valence-corrected chi connectivity index (χ4v) is 1.82. The van der Waals surface area contributed by atoms with Crippen molar-refractivity contribution in [1.82, 2.24) is 4.98 Å². The molecule has 3 heteroatoms. The molecule has 1 aromatic heterocycles. The summed E-state index contributed by atoms with van der Waals surface area (Å²) in [5.74, 6) is -0.343. The molecule has 0 aliphatic rings. The van der Waals surface area contributed by atoms with Crippen LogP contribution in [0.1, 0.15) is 18.2 Å². The molecule has 1 unspecified atom stereocenters. The summed E-state index contributed by atoms with van der Waals surface area (Å²) in [7, 11) is 0. The van der Waals surface area contributed by atoms with E-state index in [1.165, 1.54) is 12.3 Å². The second kappa shape index (κ2) is 4.63. The molecule has 2 nitrogen and oxygen atoms in total. The minimum atomic E-state index is -0.588. The van der Waals surface area contributed by atoms with Crippen LogP contribution in [0.4, 0.5) is 4.39 Å². The number of aromatic nitrogens is 1. The van der Waals surface area contributed by atoms with E-state index < -0.39 is 5.54 Å². The first-order valence-corrected chi connectivity index (χ1v) is 5.53. The highest BCUT2D eigenvalue weighted by atomic mass is 19.1. The van der Waals surface area contributed by atoms with Crippen LogP contribution in [0.25, 0.3) is 0 Å². The van der Waals surface area contributed by atoms with Gasteiger partial charge in [0.1, 0.15) is 5.82 Å². The lowest BCUT2D eigenvalue weighted by molar-refractivity contribution is 0.473. The molecule has 2 rings (SSSR count). The summed E-state index contributed by atoms with van der Waals surface area (Å²) in [6, 6.07) is 13.0. The lowest BCUT2D eigenvalue weighted by Gasteiger charge is -2.24. The van der Waals surface area contributed by atoms with Gasteiger partial charge >= 0.3 is 0 Å². The highest BCUT2D eigenvalue weighted by Gasteiger charge is 2.23. The molecule has 0 radical (unpaired) electrons. The van der Waals surface area contributed by atoms with E-state index in [4.69, 9.17) is 5.73 Å². The van der Waals surface area contributed by atoms with E-state index in [9.17, 15) is 4.39 Å². The normalized spacial score (nSPS) is 14.3. The number of nitrogens with zero attached hydrogens (tertiary/aromatic N) is 1. The number of benzene rings is 1. The van der Waals surface area contributed by atoms with Gasteiger partial charge in [-0.1, -0.05) is 30.3 Å². The smallest absolute Gasteiger partial charge is 0.141 e. The van der Waals surface area contributed by atoms with Crippen LogP contribution in [-0.2, 0) is 12.0 Å². The van der Waals surface area contributed by atoms with Gasteiger partial charge in [0.25, 0.3) is 0 Å². The van der Waals surface area contributed by atoms with Gasteiger partial charge in [-0.05, 0) is 31.0 Å². The van der Waals surface area contributed by atoms with Crippen molar-refractivity contribution >= 4 is 0 Å². The zero-order chi connectivity index (χ0) is 12.3. The number of hydrogen-bond donors (Lipinski definition) is 1. The third-order valence-corrected chi connectivity index (χ3v) is 2.73. The largest absolute Gasteiger partial charge is 0.320 e. The molecule has 0 bridgehead atoms. The minimum Gasteiger partial charge on any atom is -0.320 e. The number of hydrogen-bond acceptors (Lipinski definition) is 2. The molecule has 1 aromatic carbocycles. The maximum absolute atomic E-state index is 12.8. The first kappa shape index (κ1) is 11.7. The summed E-state index contributed by atoms with van der Waals surface area (Å²) in [5, 5.41) is 0. The summed E-state index contributed by atoms with van der Waals surface area (Å²) in [5.41, 5.74) is 7.49. The zero-order valence-electron chi connectivity index (χ0n) is 9.73. The average molecular weight is 230 g/mol. The number of rotatable bonds is 3. The predicted molar refractivity (Wildman–Crippen MR) is 65.9 cm³/mol. The van der Waals surface area contributed by atoms with E-state index >= 15 is 0 Å². The Morgan fingerprint density at radius 1 is 1.18 bits per heavy atom. The van der Waals surface area contributed by atoms with Gasteiger partial charge in [0.15, 0.2) is 0 Å². The zero-order valence-corrected chi connectivity index (χ0v) is 9.73. The van der Waals surface area contributed by atoms with E-state index in [-0.39, 0.29) is 5.82 Å². The van der Waals surface area contributed by atoms with Crippen LogP contribution in [0.3, 0.4) is 0 Å². The third kappa shape index (κ3) is 2.88. The second-order valence-electron chi connectivity index (χ2n) is 4.44. The molecule has 0 saturated heterocycles. The van der Waals surface area contributed by atoms with Crippen molar-refractivity contribution in [1.29, 1.82) is 0 Å². The van der Waals surface area contributed by atoms with Crippen molar-refractivity contribution in [3.05, 3.63) is 65.7 Å². The Kier molecular flexibility index (Phi) is 3.20. The Hall–Kier alpha value is -1.74. The SMILES string of the molecule is CC(N)(Cc1ccccc1)c1ccc(F)cn1. The van der Waals surface area contributed by atoms with Crippen LogP contribution < -0.4 is 5.73 Å². The monoisotopic (exact) mass is 230 g/mol. The molecular weight excluding hydrogens is 215 g/mol. The predicted octanol–water partition coefficient (Wildman–Crippen LogP) is 2.64. The van der Waals surface area contributed by atoms with Crippen LogP contribution in [0, 0.1) is 5.82 Å². The molecule has 0 amide bonds. The first-order valence-electron chi connectivity index (χ1n) is 5.53. The Morgan fingerprint density at radius 2 is 1.88 bits per heavy atom. The van der Waals surface area contributed by atoms with E-state index in [1.54, 1.807) is 6.07 Å². The number of nitrogens with two attached hydrogens (primary N) is 1. The van der Waals surface area contributed by atoms with Gasteiger partial charge in [-0.3, -0.25) is 4.98 Å². The lowest BCUT2D eigenvalue weighted by Crippen LogP contribution is -2.36. The fraction of sp³-hybridized carbons (Fsp3) is 0.214. The van der Waals surface area contributed by atoms with Crippen LogP contribution in [0.2, 0.25) is 0 Å². The summed E-state index contributed by atoms with van der Waals surface area (Å²) >= 11 is 0. The molecule has 0 aliphatic carbocycles. The molecule has 17 heavy (non-hydrogen) atoms. The van der Waals surface area contributed by atoms with Crippen LogP contribution in [-0.4, -0.2) is 4.98 Å². The van der Waals surface area contributed by atoms with Gasteiger partial charge in [-0.25, -0.2) is 4.39 Å². The van der Waals surface area contributed by atoms with E-state index in [0.29, 0.717) is 12.1 Å². The minimum absolute atomic E-state index is 0.343. The van der Waals surface area contributed by atoms with Crippen molar-refractivity contribution in [3.63, 3.8) is 0 Å². The van der Waals surface area contributed by atoms with Gasteiger partial charge in [-0.2, -0.15) is 0 Å². The quantitative estimate of drug-likeness (QED) is 0.880. The summed E-state index contributed by atoms with van der Waals surface area (Å²) in [6.07, 6.45) is 1.87. The topological polar surface area (TPSA) is 38.9 Å². The van der Waals surface area contributed by atoms with Gasteiger partial charge in [0.05, 0.1) is 17.4 Å². The molecule has 0 saturated carbocycles. The van der Waals surface area contributed by atoms with Crippen molar-refractivity contribution in [2.24, 2.45) is 5.73 Å². The van der Waals surface area contributed by atoms with Gasteiger partial charge < -0.3 is 5.73 Å². The van der Waals surface area contributed by atoms with Crippen LogP contribution in [0.5, 0.6) is 0 Å². The van der Waals surface area contributed by atoms with E-state index in [2.05, 4.69) is 4.98 Å². The highest BCUT2D eigenvalue weighted by molar-refractivity contribution is 5.22. The van der Waals surface area contributed by atoms with Gasteiger partial charge in [0, 0.05) is 0 Å². The molecular formula is C14H15FN2. The number of pyridine rings is 1. The van der Waals surface area contributed by atoms with E-state index in [0.717, 1.165) is 5.56 Å². The first-order chi connectivity index (χ1) is 8.08. The Bertz CT molecular complexity index is 477. The Morgan fingerprint density at radius 3 is 2.47 bits per heavy atom. The molecule has 0 spiro atoms. The van der Waals surface area contributed by atoms with Crippen LogP contribution in [0.15, 0.2) is 48.7 Å². The highest BCUT2D eigenvalue weighted by Crippen LogP contribution is 2.20. The maximum atomic E-state index is 12.8. The maximum Gasteiger partial charge on any atom is 0.141 e. The Labute approximate surface area is 100 Å². The molecule has 2 N–H and O–H groups in total. The summed E-state index contributed by atoms with van der Waals surface area (Å²) in [4.78, 5) is 4.05. The molecule has 0 fully saturated rings. The molecule has 0 aliphatic heterocycles. The van der Waals surface area contributed by atoms with Crippen molar-refractivity contribution in [3.8, 4) is 0 Å². The summed E-state index contributed by atoms with van der Waals surface area (Å²) < 4.78 is 12.8. The van der Waals surface area contributed by atoms with Gasteiger partial charge in [-0.15, -0.1) is 0 Å². The fourth-order valence-electron chi connectivity index (χ4n) is 1.82. The lowest BCUT2D eigenvalue weighted by atomic mass is 9.90.